The SMILES string of the molecule is O=C(Oc1ccc(Br)cc1F)c1ccc(Cn2cncn2)cc1. The fourth-order valence-corrected chi connectivity index (χ4v) is 2.30. The Morgan fingerprint density at radius 1 is 1.22 bits per heavy atom. The Morgan fingerprint density at radius 2 is 2.00 bits per heavy atom. The number of benzene rings is 2. The molecule has 0 unspecified atom stereocenters. The van der Waals surface area contributed by atoms with Crippen molar-refractivity contribution in [1.82, 2.24) is 14.8 Å². The zero-order valence-electron chi connectivity index (χ0n) is 11.8. The summed E-state index contributed by atoms with van der Waals surface area (Å²) in [6, 6.07) is 11.1. The zero-order chi connectivity index (χ0) is 16.2. The number of rotatable bonds is 4. The topological polar surface area (TPSA) is 57.0 Å². The fourth-order valence-electron chi connectivity index (χ4n) is 1.96. The van der Waals surface area contributed by atoms with Crippen LogP contribution in [-0.2, 0) is 6.54 Å². The number of aromatic nitrogens is 3. The third-order valence-corrected chi connectivity index (χ3v) is 3.59. The van der Waals surface area contributed by atoms with E-state index in [-0.39, 0.29) is 5.75 Å². The summed E-state index contributed by atoms with van der Waals surface area (Å²) in [5.74, 6) is -1.32. The maximum Gasteiger partial charge on any atom is 0.343 e. The van der Waals surface area contributed by atoms with Crippen molar-refractivity contribution in [2.45, 2.75) is 6.54 Å². The molecule has 0 aliphatic rings. The molecule has 0 bridgehead atoms. The number of hydrogen-bond acceptors (Lipinski definition) is 4. The molecule has 0 aliphatic heterocycles. The third-order valence-electron chi connectivity index (χ3n) is 3.10. The Bertz CT molecular complexity index is 820. The quantitative estimate of drug-likeness (QED) is 0.517. The molecule has 3 aromatic rings. The second-order valence-corrected chi connectivity index (χ2v) is 5.67. The number of nitrogens with zero attached hydrogens (tertiary/aromatic N) is 3. The van der Waals surface area contributed by atoms with Crippen LogP contribution in [0.4, 0.5) is 4.39 Å². The smallest absolute Gasteiger partial charge is 0.343 e. The molecular formula is C16H11BrFN3O2. The van der Waals surface area contributed by atoms with Gasteiger partial charge in [-0.1, -0.05) is 28.1 Å². The van der Waals surface area contributed by atoms with E-state index < -0.39 is 11.8 Å². The van der Waals surface area contributed by atoms with Crippen LogP contribution < -0.4 is 4.74 Å². The second-order valence-electron chi connectivity index (χ2n) is 4.75. The van der Waals surface area contributed by atoms with Gasteiger partial charge in [0.1, 0.15) is 12.7 Å². The number of ether oxygens (including phenoxy) is 1. The molecule has 1 heterocycles. The summed E-state index contributed by atoms with van der Waals surface area (Å²) < 4.78 is 21.0. The Labute approximate surface area is 139 Å². The summed E-state index contributed by atoms with van der Waals surface area (Å²) in [5.41, 5.74) is 1.30. The molecule has 0 spiro atoms. The lowest BCUT2D eigenvalue weighted by atomic mass is 10.1. The van der Waals surface area contributed by atoms with Crippen molar-refractivity contribution in [3.05, 3.63) is 76.5 Å². The molecule has 1 aromatic heterocycles. The van der Waals surface area contributed by atoms with Gasteiger partial charge in [-0.3, -0.25) is 0 Å². The van der Waals surface area contributed by atoms with E-state index in [1.807, 2.05) is 0 Å². The first-order valence-electron chi connectivity index (χ1n) is 6.70. The van der Waals surface area contributed by atoms with E-state index in [9.17, 15) is 9.18 Å². The summed E-state index contributed by atoms with van der Waals surface area (Å²) >= 11 is 3.15. The number of carbonyl (C=O) groups is 1. The van der Waals surface area contributed by atoms with Crippen LogP contribution in [0.1, 0.15) is 15.9 Å². The standard InChI is InChI=1S/C16H11BrFN3O2/c17-13-5-6-15(14(18)7-13)23-16(22)12-3-1-11(2-4-12)8-21-10-19-9-20-21/h1-7,9-10H,8H2. The molecule has 0 atom stereocenters. The normalized spacial score (nSPS) is 10.5. The lowest BCUT2D eigenvalue weighted by Crippen LogP contribution is -2.10. The molecule has 23 heavy (non-hydrogen) atoms. The van der Waals surface area contributed by atoms with Crippen LogP contribution in [0.2, 0.25) is 0 Å². The summed E-state index contributed by atoms with van der Waals surface area (Å²) in [4.78, 5) is 15.9. The molecule has 5 nitrogen and oxygen atoms in total. The van der Waals surface area contributed by atoms with Crippen molar-refractivity contribution in [1.29, 1.82) is 0 Å². The Balaban J connectivity index is 1.70. The van der Waals surface area contributed by atoms with Gasteiger partial charge in [-0.15, -0.1) is 0 Å². The monoisotopic (exact) mass is 375 g/mol. The summed E-state index contributed by atoms with van der Waals surface area (Å²) in [7, 11) is 0. The van der Waals surface area contributed by atoms with Crippen molar-refractivity contribution >= 4 is 21.9 Å². The minimum absolute atomic E-state index is 0.107. The minimum atomic E-state index is -0.612. The highest BCUT2D eigenvalue weighted by Gasteiger charge is 2.12. The van der Waals surface area contributed by atoms with Gasteiger partial charge in [0.25, 0.3) is 0 Å². The first kappa shape index (κ1) is 15.4. The molecule has 116 valence electrons. The van der Waals surface area contributed by atoms with Crippen LogP contribution in [0.5, 0.6) is 5.75 Å². The molecule has 0 radical (unpaired) electrons. The van der Waals surface area contributed by atoms with Crippen molar-refractivity contribution in [3.8, 4) is 5.75 Å². The van der Waals surface area contributed by atoms with Gasteiger partial charge < -0.3 is 4.74 Å². The van der Waals surface area contributed by atoms with E-state index in [0.717, 1.165) is 5.56 Å². The molecule has 0 saturated heterocycles. The largest absolute Gasteiger partial charge is 0.420 e. The van der Waals surface area contributed by atoms with Crippen molar-refractivity contribution in [2.24, 2.45) is 0 Å². The predicted octanol–water partition coefficient (Wildman–Crippen LogP) is 3.45. The van der Waals surface area contributed by atoms with Crippen LogP contribution in [0.25, 0.3) is 0 Å². The van der Waals surface area contributed by atoms with Crippen LogP contribution in [-0.4, -0.2) is 20.7 Å². The van der Waals surface area contributed by atoms with Gasteiger partial charge in [-0.2, -0.15) is 5.10 Å². The maximum absolute atomic E-state index is 13.7. The molecule has 2 aromatic carbocycles. The molecule has 0 N–H and O–H groups in total. The lowest BCUT2D eigenvalue weighted by Gasteiger charge is -2.07. The fraction of sp³-hybridized carbons (Fsp3) is 0.0625. The van der Waals surface area contributed by atoms with Gasteiger partial charge in [0, 0.05) is 4.47 Å². The van der Waals surface area contributed by atoms with E-state index in [4.69, 9.17) is 4.74 Å². The van der Waals surface area contributed by atoms with Crippen molar-refractivity contribution < 1.29 is 13.9 Å². The van der Waals surface area contributed by atoms with Gasteiger partial charge in [0.15, 0.2) is 11.6 Å². The van der Waals surface area contributed by atoms with Crippen LogP contribution in [0.3, 0.4) is 0 Å². The molecule has 3 rings (SSSR count). The van der Waals surface area contributed by atoms with E-state index in [1.165, 1.54) is 18.5 Å². The van der Waals surface area contributed by atoms with Gasteiger partial charge in [-0.25, -0.2) is 18.9 Å². The first-order valence-corrected chi connectivity index (χ1v) is 7.50. The number of carbonyl (C=O) groups excluding carboxylic acids is 1. The summed E-state index contributed by atoms with van der Waals surface area (Å²) in [5, 5.41) is 4.01. The summed E-state index contributed by atoms with van der Waals surface area (Å²) in [6.07, 6.45) is 3.07. The molecule has 7 heteroatoms. The zero-order valence-corrected chi connectivity index (χ0v) is 13.4. The summed E-state index contributed by atoms with van der Waals surface area (Å²) in [6.45, 7) is 0.552. The van der Waals surface area contributed by atoms with E-state index in [1.54, 1.807) is 41.3 Å². The van der Waals surface area contributed by atoms with E-state index >= 15 is 0 Å². The number of hydrogen-bond donors (Lipinski definition) is 0. The Hall–Kier alpha value is -2.54. The van der Waals surface area contributed by atoms with E-state index in [2.05, 4.69) is 26.0 Å². The number of halogens is 2. The van der Waals surface area contributed by atoms with Gasteiger partial charge in [-0.05, 0) is 35.9 Å². The minimum Gasteiger partial charge on any atom is -0.420 e. The number of esters is 1. The molecule has 0 aliphatic carbocycles. The Kier molecular flexibility index (Phi) is 4.47. The van der Waals surface area contributed by atoms with Gasteiger partial charge in [0.2, 0.25) is 0 Å². The second kappa shape index (κ2) is 6.70. The average Bonchev–Trinajstić information content (AvgIpc) is 3.04. The predicted molar refractivity (Wildman–Crippen MR) is 84.6 cm³/mol. The van der Waals surface area contributed by atoms with Crippen LogP contribution in [0.15, 0.2) is 59.6 Å². The van der Waals surface area contributed by atoms with Crippen molar-refractivity contribution in [2.75, 3.05) is 0 Å². The molecule has 0 amide bonds. The van der Waals surface area contributed by atoms with Gasteiger partial charge in [0.05, 0.1) is 12.1 Å². The lowest BCUT2D eigenvalue weighted by molar-refractivity contribution is 0.0728. The highest BCUT2D eigenvalue weighted by Crippen LogP contribution is 2.22. The maximum atomic E-state index is 13.7. The Morgan fingerprint density at radius 3 is 2.65 bits per heavy atom. The highest BCUT2D eigenvalue weighted by molar-refractivity contribution is 9.10. The van der Waals surface area contributed by atoms with Crippen LogP contribution >= 0.6 is 15.9 Å². The molecule has 0 fully saturated rings. The average molecular weight is 376 g/mol. The highest BCUT2D eigenvalue weighted by atomic mass is 79.9. The molecular weight excluding hydrogens is 365 g/mol. The third kappa shape index (κ3) is 3.81. The molecule has 0 saturated carbocycles. The van der Waals surface area contributed by atoms with Crippen LogP contribution in [0, 0.1) is 5.82 Å². The van der Waals surface area contributed by atoms with Gasteiger partial charge >= 0.3 is 5.97 Å². The van der Waals surface area contributed by atoms with Crippen molar-refractivity contribution in [3.63, 3.8) is 0 Å². The first-order chi connectivity index (χ1) is 11.1. The van der Waals surface area contributed by atoms with E-state index in [0.29, 0.717) is 16.6 Å².